The Hall–Kier alpha value is -1.59. The van der Waals surface area contributed by atoms with E-state index in [2.05, 4.69) is 17.1 Å². The lowest BCUT2D eigenvalue weighted by Gasteiger charge is -2.28. The number of carbonyl (C=O) groups excluding carboxylic acids is 1. The van der Waals surface area contributed by atoms with Gasteiger partial charge in [0.05, 0.1) is 0 Å². The van der Waals surface area contributed by atoms with E-state index in [1.54, 1.807) is 0 Å². The van der Waals surface area contributed by atoms with Gasteiger partial charge in [-0.2, -0.15) is 0 Å². The van der Waals surface area contributed by atoms with Crippen molar-refractivity contribution >= 4 is 11.6 Å². The second kappa shape index (κ2) is 11.1. The number of nitrogens with one attached hydrogen (secondary N) is 1. The van der Waals surface area contributed by atoms with Gasteiger partial charge >= 0.3 is 0 Å². The summed E-state index contributed by atoms with van der Waals surface area (Å²) < 4.78 is 11.5. The fourth-order valence-corrected chi connectivity index (χ4v) is 2.34. The number of likely N-dealkylation sites (N-methyl/N-ethyl adjacent to an activating group) is 1. The first-order valence-corrected chi connectivity index (χ1v) is 9.24. The Morgan fingerprint density at radius 2 is 1.80 bits per heavy atom. The summed E-state index contributed by atoms with van der Waals surface area (Å²) in [5.74, 6) is 0.714. The summed E-state index contributed by atoms with van der Waals surface area (Å²) in [6.07, 6.45) is 3.62. The minimum absolute atomic E-state index is 0.0873. The van der Waals surface area contributed by atoms with Crippen LogP contribution in [-0.2, 0) is 9.53 Å². The lowest BCUT2D eigenvalue weighted by molar-refractivity contribution is -0.140. The third kappa shape index (κ3) is 7.88. The zero-order chi connectivity index (χ0) is 18.7. The van der Waals surface area contributed by atoms with Crippen LogP contribution in [0.15, 0.2) is 24.3 Å². The van der Waals surface area contributed by atoms with Crippen LogP contribution >= 0.6 is 0 Å². The molecule has 0 radical (unpaired) electrons. The first kappa shape index (κ1) is 21.5. The molecule has 0 heterocycles. The Bertz CT molecular complexity index is 492. The van der Waals surface area contributed by atoms with E-state index < -0.39 is 5.60 Å². The Morgan fingerprint density at radius 1 is 1.12 bits per heavy atom. The molecule has 1 rings (SSSR count). The monoisotopic (exact) mass is 350 g/mol. The van der Waals surface area contributed by atoms with Crippen molar-refractivity contribution in [2.45, 2.75) is 52.1 Å². The van der Waals surface area contributed by atoms with E-state index in [0.717, 1.165) is 43.7 Å². The van der Waals surface area contributed by atoms with Gasteiger partial charge in [-0.15, -0.1) is 0 Å². The van der Waals surface area contributed by atoms with Crippen LogP contribution in [0.4, 0.5) is 5.69 Å². The van der Waals surface area contributed by atoms with Crippen molar-refractivity contribution in [3.63, 3.8) is 0 Å². The first-order chi connectivity index (χ1) is 11.9. The molecule has 0 bridgehead atoms. The zero-order valence-electron chi connectivity index (χ0n) is 16.4. The van der Waals surface area contributed by atoms with E-state index in [-0.39, 0.29) is 5.91 Å². The van der Waals surface area contributed by atoms with Crippen molar-refractivity contribution in [3.8, 4) is 5.75 Å². The predicted octanol–water partition coefficient (Wildman–Crippen LogP) is 3.94. The number of hydrogen-bond acceptors (Lipinski definition) is 4. The van der Waals surface area contributed by atoms with Crippen LogP contribution in [0.5, 0.6) is 5.75 Å². The maximum atomic E-state index is 12.7. The number of amides is 1. The van der Waals surface area contributed by atoms with Gasteiger partial charge in [0, 0.05) is 18.8 Å². The number of nitrogens with zero attached hydrogens (tertiary/aromatic N) is 1. The summed E-state index contributed by atoms with van der Waals surface area (Å²) >= 11 is 0. The lowest BCUT2D eigenvalue weighted by Crippen LogP contribution is -2.43. The molecule has 0 aliphatic rings. The van der Waals surface area contributed by atoms with Crippen LogP contribution in [0.2, 0.25) is 0 Å². The topological polar surface area (TPSA) is 50.8 Å². The molecule has 0 aromatic heterocycles. The van der Waals surface area contributed by atoms with E-state index >= 15 is 0 Å². The summed E-state index contributed by atoms with van der Waals surface area (Å²) in [7, 11) is 4.02. The van der Waals surface area contributed by atoms with Crippen molar-refractivity contribution < 1.29 is 14.3 Å². The van der Waals surface area contributed by atoms with Crippen LogP contribution in [0.25, 0.3) is 0 Å². The van der Waals surface area contributed by atoms with Crippen molar-refractivity contribution in [1.29, 1.82) is 0 Å². The number of benzene rings is 1. The molecule has 25 heavy (non-hydrogen) atoms. The second-order valence-corrected chi connectivity index (χ2v) is 6.81. The molecule has 5 nitrogen and oxygen atoms in total. The van der Waals surface area contributed by atoms with Crippen LogP contribution in [0, 0.1) is 0 Å². The van der Waals surface area contributed by atoms with Crippen LogP contribution in [0.1, 0.15) is 46.5 Å². The maximum absolute atomic E-state index is 12.7. The Labute approximate surface area is 152 Å². The minimum atomic E-state index is -0.785. The molecular weight excluding hydrogens is 316 g/mol. The largest absolute Gasteiger partial charge is 0.492 e. The standard InChI is InChI=1S/C20H34N2O3/c1-6-8-13-20(3,25-15-7-2)19(23)21-17-9-11-18(12-10-17)24-16-14-22(4)5/h9-12H,6-8,13-16H2,1-5H3,(H,21,23). The summed E-state index contributed by atoms with van der Waals surface area (Å²) in [5.41, 5.74) is -0.0276. The molecular formula is C20H34N2O3. The molecule has 1 aromatic carbocycles. The summed E-state index contributed by atoms with van der Waals surface area (Å²) in [4.78, 5) is 14.8. The second-order valence-electron chi connectivity index (χ2n) is 6.81. The molecule has 0 saturated carbocycles. The highest BCUT2D eigenvalue weighted by atomic mass is 16.5. The molecule has 5 heteroatoms. The molecule has 1 N–H and O–H groups in total. The van der Waals surface area contributed by atoms with Crippen molar-refractivity contribution in [3.05, 3.63) is 24.3 Å². The smallest absolute Gasteiger partial charge is 0.256 e. The van der Waals surface area contributed by atoms with Gasteiger partial charge in [0.2, 0.25) is 0 Å². The Morgan fingerprint density at radius 3 is 2.36 bits per heavy atom. The third-order valence-electron chi connectivity index (χ3n) is 4.03. The predicted molar refractivity (Wildman–Crippen MR) is 103 cm³/mol. The molecule has 0 fully saturated rings. The van der Waals surface area contributed by atoms with Gasteiger partial charge in [0.1, 0.15) is 18.0 Å². The van der Waals surface area contributed by atoms with Crippen molar-refractivity contribution in [2.24, 2.45) is 0 Å². The molecule has 1 amide bonds. The van der Waals surface area contributed by atoms with Gasteiger partial charge in [-0.1, -0.05) is 26.7 Å². The van der Waals surface area contributed by atoms with Crippen LogP contribution in [0.3, 0.4) is 0 Å². The van der Waals surface area contributed by atoms with Gasteiger partial charge < -0.3 is 19.7 Å². The molecule has 0 saturated heterocycles. The van der Waals surface area contributed by atoms with Crippen LogP contribution < -0.4 is 10.1 Å². The molecule has 0 aliphatic heterocycles. The highest BCUT2D eigenvalue weighted by molar-refractivity contribution is 5.97. The van der Waals surface area contributed by atoms with Gasteiger partial charge in [-0.3, -0.25) is 4.79 Å². The van der Waals surface area contributed by atoms with Gasteiger partial charge in [0.15, 0.2) is 0 Å². The minimum Gasteiger partial charge on any atom is -0.492 e. The fourth-order valence-electron chi connectivity index (χ4n) is 2.34. The average molecular weight is 351 g/mol. The van der Waals surface area contributed by atoms with E-state index in [1.807, 2.05) is 52.2 Å². The number of unbranched alkanes of at least 4 members (excludes halogenated alkanes) is 1. The summed E-state index contributed by atoms with van der Waals surface area (Å²) in [6.45, 7) is 8.14. The molecule has 1 unspecified atom stereocenters. The molecule has 0 aliphatic carbocycles. The summed E-state index contributed by atoms with van der Waals surface area (Å²) in [5, 5.41) is 2.97. The fraction of sp³-hybridized carbons (Fsp3) is 0.650. The Balaban J connectivity index is 2.63. The average Bonchev–Trinajstić information content (AvgIpc) is 2.59. The maximum Gasteiger partial charge on any atom is 0.256 e. The first-order valence-electron chi connectivity index (χ1n) is 9.24. The van der Waals surface area contributed by atoms with E-state index in [0.29, 0.717) is 13.2 Å². The van der Waals surface area contributed by atoms with Crippen molar-refractivity contribution in [2.75, 3.05) is 39.2 Å². The molecule has 1 aromatic rings. The number of hydrogen-bond donors (Lipinski definition) is 1. The quantitative estimate of drug-likeness (QED) is 0.620. The number of rotatable bonds is 12. The van der Waals surface area contributed by atoms with Gasteiger partial charge in [-0.05, 0) is 58.1 Å². The summed E-state index contributed by atoms with van der Waals surface area (Å²) in [6, 6.07) is 7.48. The normalized spacial score (nSPS) is 13.5. The van der Waals surface area contributed by atoms with Crippen molar-refractivity contribution in [1.82, 2.24) is 4.90 Å². The van der Waals surface area contributed by atoms with E-state index in [9.17, 15) is 4.79 Å². The molecule has 0 spiro atoms. The lowest BCUT2D eigenvalue weighted by atomic mass is 9.97. The number of carbonyl (C=O) groups is 1. The van der Waals surface area contributed by atoms with Crippen LogP contribution in [-0.4, -0.2) is 50.3 Å². The van der Waals surface area contributed by atoms with Gasteiger partial charge in [-0.25, -0.2) is 0 Å². The van der Waals surface area contributed by atoms with Gasteiger partial charge in [0.25, 0.3) is 5.91 Å². The number of ether oxygens (including phenoxy) is 2. The number of anilines is 1. The molecule has 1 atom stereocenters. The van der Waals surface area contributed by atoms with E-state index in [4.69, 9.17) is 9.47 Å². The molecule has 142 valence electrons. The highest BCUT2D eigenvalue weighted by Gasteiger charge is 2.33. The SMILES string of the molecule is CCCCC(C)(OCCC)C(=O)Nc1ccc(OCCN(C)C)cc1. The zero-order valence-corrected chi connectivity index (χ0v) is 16.4. The van der Waals surface area contributed by atoms with E-state index in [1.165, 1.54) is 0 Å². The Kier molecular flexibility index (Phi) is 9.53. The third-order valence-corrected chi connectivity index (χ3v) is 4.03. The highest BCUT2D eigenvalue weighted by Crippen LogP contribution is 2.23.